The fourth-order valence-corrected chi connectivity index (χ4v) is 4.36. The summed E-state index contributed by atoms with van der Waals surface area (Å²) in [5, 5.41) is 9.91. The molecule has 4 aromatic rings. The van der Waals surface area contributed by atoms with Crippen molar-refractivity contribution in [3.8, 4) is 11.1 Å². The van der Waals surface area contributed by atoms with E-state index in [1.54, 1.807) is 43.0 Å². The zero-order valence-corrected chi connectivity index (χ0v) is 22.6. The third kappa shape index (κ3) is 6.39. The van der Waals surface area contributed by atoms with Crippen LogP contribution in [0, 0.1) is 5.82 Å². The van der Waals surface area contributed by atoms with Gasteiger partial charge in [-0.1, -0.05) is 12.1 Å². The molecule has 0 fully saturated rings. The summed E-state index contributed by atoms with van der Waals surface area (Å²) in [4.78, 5) is 18.1. The smallest absolute Gasteiger partial charge is 0.383 e. The summed E-state index contributed by atoms with van der Waals surface area (Å²) in [5.41, 5.74) is 8.75. The molecule has 0 bridgehead atoms. The number of anilines is 3. The van der Waals surface area contributed by atoms with Gasteiger partial charge >= 0.3 is 12.2 Å². The van der Waals surface area contributed by atoms with Crippen LogP contribution in [0.15, 0.2) is 48.8 Å². The quantitative estimate of drug-likeness (QED) is 0.186. The first-order valence-electron chi connectivity index (χ1n) is 12.4. The molecule has 0 aliphatic carbocycles. The van der Waals surface area contributed by atoms with Crippen molar-refractivity contribution < 1.29 is 31.8 Å². The van der Waals surface area contributed by atoms with E-state index in [0.717, 1.165) is 27.3 Å². The van der Waals surface area contributed by atoms with Crippen LogP contribution in [-0.4, -0.2) is 55.0 Å². The number of aromatic nitrogens is 3. The maximum absolute atomic E-state index is 14.2. The highest BCUT2D eigenvalue weighted by atomic mass is 19.4. The summed E-state index contributed by atoms with van der Waals surface area (Å²) in [6.45, 7) is 1.84. The SMILES string of the molecule is COCCNCc1c(COC)c(-c2ccc(N(C)C(=O)Nc3cc(C(F)(F)F)ccc3F)cc2)c2c(N)ncnn12. The lowest BCUT2D eigenvalue weighted by molar-refractivity contribution is -0.137. The number of nitrogens with zero attached hydrogens (tertiary/aromatic N) is 4. The maximum atomic E-state index is 14.2. The number of methoxy groups -OCH3 is 2. The Morgan fingerprint density at radius 1 is 1.12 bits per heavy atom. The second kappa shape index (κ2) is 12.5. The van der Waals surface area contributed by atoms with Crippen molar-refractivity contribution >= 4 is 28.7 Å². The number of halogens is 4. The van der Waals surface area contributed by atoms with Crippen LogP contribution >= 0.6 is 0 Å². The van der Waals surface area contributed by atoms with Gasteiger partial charge in [0.2, 0.25) is 0 Å². The van der Waals surface area contributed by atoms with Gasteiger partial charge in [-0.05, 0) is 35.9 Å². The number of nitrogen functional groups attached to an aromatic ring is 1. The molecule has 0 saturated carbocycles. The lowest BCUT2D eigenvalue weighted by atomic mass is 10.0. The van der Waals surface area contributed by atoms with E-state index in [-0.39, 0.29) is 12.4 Å². The number of hydrogen-bond donors (Lipinski definition) is 3. The summed E-state index contributed by atoms with van der Waals surface area (Å²) in [6, 6.07) is 7.79. The summed E-state index contributed by atoms with van der Waals surface area (Å²) in [6.07, 6.45) is -3.32. The van der Waals surface area contributed by atoms with E-state index in [1.165, 1.54) is 13.4 Å². The van der Waals surface area contributed by atoms with E-state index >= 15 is 0 Å². The first-order chi connectivity index (χ1) is 19.6. The van der Waals surface area contributed by atoms with Crippen molar-refractivity contribution in [3.05, 3.63) is 71.4 Å². The van der Waals surface area contributed by atoms with Crippen molar-refractivity contribution in [3.63, 3.8) is 0 Å². The van der Waals surface area contributed by atoms with Crippen LogP contribution in [0.2, 0.25) is 0 Å². The van der Waals surface area contributed by atoms with Gasteiger partial charge in [-0.2, -0.15) is 18.3 Å². The Morgan fingerprint density at radius 3 is 2.51 bits per heavy atom. The minimum atomic E-state index is -4.69. The van der Waals surface area contributed by atoms with Crippen LogP contribution in [0.25, 0.3) is 16.6 Å². The number of fused-ring (bicyclic) bond motifs is 1. The predicted octanol–water partition coefficient (Wildman–Crippen LogP) is 4.69. The molecule has 41 heavy (non-hydrogen) atoms. The van der Waals surface area contributed by atoms with Gasteiger partial charge in [0.15, 0.2) is 5.82 Å². The highest BCUT2D eigenvalue weighted by Crippen LogP contribution is 2.37. The molecule has 0 saturated heterocycles. The molecule has 0 unspecified atom stereocenters. The van der Waals surface area contributed by atoms with Crippen molar-refractivity contribution in [1.29, 1.82) is 0 Å². The third-order valence-electron chi connectivity index (χ3n) is 6.41. The number of alkyl halides is 3. The molecule has 2 heterocycles. The summed E-state index contributed by atoms with van der Waals surface area (Å²) < 4.78 is 65.6. The van der Waals surface area contributed by atoms with Gasteiger partial charge in [-0.15, -0.1) is 0 Å². The predicted molar refractivity (Wildman–Crippen MR) is 146 cm³/mol. The Labute approximate surface area is 233 Å². The second-order valence-corrected chi connectivity index (χ2v) is 9.04. The Kier molecular flexibility index (Phi) is 9.05. The third-order valence-corrected chi connectivity index (χ3v) is 6.41. The van der Waals surface area contributed by atoms with Gasteiger partial charge in [0, 0.05) is 51.2 Å². The van der Waals surface area contributed by atoms with E-state index in [1.807, 2.05) is 0 Å². The Morgan fingerprint density at radius 2 is 1.85 bits per heavy atom. The van der Waals surface area contributed by atoms with Gasteiger partial charge in [0.05, 0.1) is 30.2 Å². The molecule has 0 aliphatic heterocycles. The molecule has 0 spiro atoms. The molecule has 0 radical (unpaired) electrons. The number of urea groups is 1. The zero-order chi connectivity index (χ0) is 29.7. The molecule has 2 amide bonds. The first-order valence-corrected chi connectivity index (χ1v) is 12.4. The Hall–Kier alpha value is -4.27. The molecule has 2 aromatic carbocycles. The minimum absolute atomic E-state index is 0.256. The minimum Gasteiger partial charge on any atom is -0.383 e. The molecule has 10 nitrogen and oxygen atoms in total. The number of carbonyl (C=O) groups is 1. The molecule has 4 N–H and O–H groups in total. The average Bonchev–Trinajstić information content (AvgIpc) is 3.25. The fraction of sp³-hybridized carbons (Fsp3) is 0.296. The van der Waals surface area contributed by atoms with Crippen LogP contribution in [-0.2, 0) is 28.8 Å². The summed E-state index contributed by atoms with van der Waals surface area (Å²) in [7, 11) is 4.61. The highest BCUT2D eigenvalue weighted by molar-refractivity contribution is 6.01. The van der Waals surface area contributed by atoms with Crippen molar-refractivity contribution in [1.82, 2.24) is 19.9 Å². The van der Waals surface area contributed by atoms with Crippen LogP contribution in [0.1, 0.15) is 16.8 Å². The van der Waals surface area contributed by atoms with E-state index in [2.05, 4.69) is 20.7 Å². The molecule has 218 valence electrons. The monoisotopic (exact) mass is 575 g/mol. The first kappa shape index (κ1) is 29.7. The van der Waals surface area contributed by atoms with Crippen LogP contribution < -0.4 is 21.3 Å². The number of rotatable bonds is 10. The number of nitrogens with two attached hydrogens (primary N) is 1. The Bertz CT molecular complexity index is 1520. The van der Waals surface area contributed by atoms with E-state index < -0.39 is 29.3 Å². The molecule has 4 rings (SSSR count). The molecular formula is C27H29F4N7O3. The van der Waals surface area contributed by atoms with Gasteiger partial charge in [-0.25, -0.2) is 18.7 Å². The van der Waals surface area contributed by atoms with Gasteiger partial charge in [-0.3, -0.25) is 4.90 Å². The van der Waals surface area contributed by atoms with Gasteiger partial charge in [0.1, 0.15) is 17.7 Å². The van der Waals surface area contributed by atoms with Gasteiger partial charge in [0.25, 0.3) is 0 Å². The number of benzene rings is 2. The number of hydrogen-bond acceptors (Lipinski definition) is 7. The van der Waals surface area contributed by atoms with Crippen LogP contribution in [0.5, 0.6) is 0 Å². The highest BCUT2D eigenvalue weighted by Gasteiger charge is 2.31. The van der Waals surface area contributed by atoms with E-state index in [0.29, 0.717) is 49.1 Å². The average molecular weight is 576 g/mol. The van der Waals surface area contributed by atoms with Crippen molar-refractivity contribution in [2.24, 2.45) is 0 Å². The lowest BCUT2D eigenvalue weighted by Gasteiger charge is -2.19. The number of amides is 2. The molecule has 2 aromatic heterocycles. The molecular weight excluding hydrogens is 546 g/mol. The second-order valence-electron chi connectivity index (χ2n) is 9.04. The number of ether oxygens (including phenoxy) is 2. The normalized spacial score (nSPS) is 11.7. The lowest BCUT2D eigenvalue weighted by Crippen LogP contribution is -2.31. The standard InChI is InChI=1S/C27H29F4N7O3/c1-37(26(39)36-21-12-17(27(29,30)31)6-9-20(21)28)18-7-4-16(5-8-18)23-19(14-41-3)22(13-33-10-11-40-2)38-24(23)25(32)34-15-35-38/h4-9,12,15,33H,10-11,13-14H2,1-3H3,(H,36,39)(H2,32,34,35). The Balaban J connectivity index is 1.64. The molecule has 14 heteroatoms. The topological polar surface area (TPSA) is 119 Å². The number of nitrogens with one attached hydrogen (secondary N) is 2. The van der Waals surface area contributed by atoms with Crippen LogP contribution in [0.3, 0.4) is 0 Å². The largest absolute Gasteiger partial charge is 0.416 e. The van der Waals surface area contributed by atoms with E-state index in [9.17, 15) is 22.4 Å². The van der Waals surface area contributed by atoms with E-state index in [4.69, 9.17) is 15.2 Å². The zero-order valence-electron chi connectivity index (χ0n) is 22.6. The summed E-state index contributed by atoms with van der Waals surface area (Å²) >= 11 is 0. The van der Waals surface area contributed by atoms with Crippen molar-refractivity contribution in [2.75, 3.05) is 50.4 Å². The summed E-state index contributed by atoms with van der Waals surface area (Å²) in [5.74, 6) is -0.729. The molecule has 0 aliphatic rings. The maximum Gasteiger partial charge on any atom is 0.416 e. The molecule has 0 atom stereocenters. The van der Waals surface area contributed by atoms with Crippen LogP contribution in [0.4, 0.5) is 39.5 Å². The number of carbonyl (C=O) groups excluding carboxylic acids is 1. The fourth-order valence-electron chi connectivity index (χ4n) is 4.36. The van der Waals surface area contributed by atoms with Crippen molar-refractivity contribution in [2.45, 2.75) is 19.3 Å². The van der Waals surface area contributed by atoms with Gasteiger partial charge < -0.3 is 25.8 Å².